The number of amides is 1. The van der Waals surface area contributed by atoms with Crippen molar-refractivity contribution in [1.29, 1.82) is 0 Å². The summed E-state index contributed by atoms with van der Waals surface area (Å²) in [7, 11) is 0. The first kappa shape index (κ1) is 17.3. The highest BCUT2D eigenvalue weighted by Crippen LogP contribution is 2.19. The van der Waals surface area contributed by atoms with E-state index in [0.717, 1.165) is 36.5 Å². The highest BCUT2D eigenvalue weighted by atomic mass is 35.5. The minimum Gasteiger partial charge on any atom is -0.352 e. The lowest BCUT2D eigenvalue weighted by molar-refractivity contribution is 0.0947. The summed E-state index contributed by atoms with van der Waals surface area (Å²) < 4.78 is 0. The lowest BCUT2D eigenvalue weighted by Gasteiger charge is -2.22. The highest BCUT2D eigenvalue weighted by Gasteiger charge is 2.14. The summed E-state index contributed by atoms with van der Waals surface area (Å²) in [5.41, 5.74) is 0.789. The number of carbonyl (C=O) groups is 1. The van der Waals surface area contributed by atoms with Gasteiger partial charge in [-0.2, -0.15) is 0 Å². The Hall–Kier alpha value is -0.710. The molecule has 1 amide bonds. The van der Waals surface area contributed by atoms with Gasteiger partial charge in [0.15, 0.2) is 0 Å². The minimum absolute atomic E-state index is 0. The van der Waals surface area contributed by atoms with Gasteiger partial charge in [0.05, 0.1) is 5.56 Å². The van der Waals surface area contributed by atoms with E-state index in [-0.39, 0.29) is 18.3 Å². The fourth-order valence-corrected chi connectivity index (χ4v) is 3.08. The molecule has 1 saturated heterocycles. The molecule has 1 unspecified atom stereocenters. The predicted octanol–water partition coefficient (Wildman–Crippen LogP) is 2.95. The van der Waals surface area contributed by atoms with Gasteiger partial charge in [-0.1, -0.05) is 12.1 Å². The topological polar surface area (TPSA) is 41.1 Å². The number of nitrogens with one attached hydrogen (secondary N) is 2. The third kappa shape index (κ3) is 5.00. The molecule has 2 rings (SSSR count). The first-order valence-electron chi connectivity index (χ1n) is 6.93. The van der Waals surface area contributed by atoms with Crippen molar-refractivity contribution in [2.45, 2.75) is 24.2 Å². The first-order valence-corrected chi connectivity index (χ1v) is 8.15. The maximum Gasteiger partial charge on any atom is 0.252 e. The quantitative estimate of drug-likeness (QED) is 0.821. The lowest BCUT2D eigenvalue weighted by Crippen LogP contribution is -2.33. The van der Waals surface area contributed by atoms with Crippen molar-refractivity contribution in [2.24, 2.45) is 5.92 Å². The van der Waals surface area contributed by atoms with Gasteiger partial charge < -0.3 is 10.6 Å². The number of benzene rings is 1. The summed E-state index contributed by atoms with van der Waals surface area (Å²) in [6, 6.07) is 7.77. The molecule has 1 atom stereocenters. The summed E-state index contributed by atoms with van der Waals surface area (Å²) in [5, 5.41) is 6.45. The van der Waals surface area contributed by atoms with Crippen molar-refractivity contribution in [2.75, 3.05) is 25.9 Å². The lowest BCUT2D eigenvalue weighted by atomic mass is 9.96. The Morgan fingerprint density at radius 2 is 2.25 bits per heavy atom. The molecule has 1 aromatic rings. The molecule has 0 spiro atoms. The standard InChI is InChI=1S/C15H22N2OS.ClH/c1-19-14-7-3-2-6-13(14)15(18)17-10-8-12-5-4-9-16-11-12;/h2-3,6-7,12,16H,4-5,8-11H2,1H3,(H,17,18);1H. The van der Waals surface area contributed by atoms with E-state index in [0.29, 0.717) is 5.92 Å². The van der Waals surface area contributed by atoms with Crippen LogP contribution in [0.5, 0.6) is 0 Å². The molecule has 5 heteroatoms. The van der Waals surface area contributed by atoms with Crippen LogP contribution in [-0.2, 0) is 0 Å². The second-order valence-corrected chi connectivity index (χ2v) is 5.81. The zero-order chi connectivity index (χ0) is 13.5. The van der Waals surface area contributed by atoms with E-state index in [9.17, 15) is 4.79 Å². The van der Waals surface area contributed by atoms with Gasteiger partial charge in [0.25, 0.3) is 5.91 Å². The number of piperidine rings is 1. The molecule has 20 heavy (non-hydrogen) atoms. The average Bonchev–Trinajstić information content (AvgIpc) is 2.48. The van der Waals surface area contributed by atoms with Crippen molar-refractivity contribution in [3.05, 3.63) is 29.8 Å². The largest absolute Gasteiger partial charge is 0.352 e. The Morgan fingerprint density at radius 3 is 2.95 bits per heavy atom. The van der Waals surface area contributed by atoms with Crippen LogP contribution in [0.25, 0.3) is 0 Å². The van der Waals surface area contributed by atoms with Gasteiger partial charge >= 0.3 is 0 Å². The van der Waals surface area contributed by atoms with Crippen LogP contribution in [-0.4, -0.2) is 31.8 Å². The monoisotopic (exact) mass is 314 g/mol. The Kier molecular flexibility index (Phi) is 8.04. The molecule has 0 aliphatic carbocycles. The van der Waals surface area contributed by atoms with Crippen LogP contribution in [0.2, 0.25) is 0 Å². The predicted molar refractivity (Wildman–Crippen MR) is 88.0 cm³/mol. The van der Waals surface area contributed by atoms with Crippen molar-refractivity contribution in [3.63, 3.8) is 0 Å². The number of halogens is 1. The van der Waals surface area contributed by atoms with Gasteiger partial charge in [-0.3, -0.25) is 4.79 Å². The summed E-state index contributed by atoms with van der Waals surface area (Å²) >= 11 is 1.61. The van der Waals surface area contributed by atoms with E-state index in [4.69, 9.17) is 0 Å². The summed E-state index contributed by atoms with van der Waals surface area (Å²) in [4.78, 5) is 13.2. The minimum atomic E-state index is 0. The van der Waals surface area contributed by atoms with Gasteiger partial charge in [0, 0.05) is 11.4 Å². The Labute approximate surface area is 131 Å². The van der Waals surface area contributed by atoms with Crippen LogP contribution < -0.4 is 10.6 Å². The van der Waals surface area contributed by atoms with Crippen molar-refractivity contribution >= 4 is 30.1 Å². The first-order chi connectivity index (χ1) is 9.31. The van der Waals surface area contributed by atoms with Gasteiger partial charge in [-0.05, 0) is 56.7 Å². The summed E-state index contributed by atoms with van der Waals surface area (Å²) in [6.45, 7) is 3.01. The molecular weight excluding hydrogens is 292 g/mol. The molecule has 0 bridgehead atoms. The smallest absolute Gasteiger partial charge is 0.252 e. The average molecular weight is 315 g/mol. The molecule has 3 nitrogen and oxygen atoms in total. The second kappa shape index (κ2) is 9.27. The fourth-order valence-electron chi connectivity index (χ4n) is 2.49. The highest BCUT2D eigenvalue weighted by molar-refractivity contribution is 7.98. The molecule has 1 aliphatic heterocycles. The normalized spacial score (nSPS) is 18.1. The van der Waals surface area contributed by atoms with Crippen molar-refractivity contribution in [3.8, 4) is 0 Å². The SMILES string of the molecule is CSc1ccccc1C(=O)NCCC1CCCNC1.Cl. The van der Waals surface area contributed by atoms with Crippen LogP contribution in [0.15, 0.2) is 29.2 Å². The fraction of sp³-hybridized carbons (Fsp3) is 0.533. The van der Waals surface area contributed by atoms with E-state index >= 15 is 0 Å². The number of rotatable bonds is 5. The van der Waals surface area contributed by atoms with Gasteiger partial charge in [0.1, 0.15) is 0 Å². The van der Waals surface area contributed by atoms with Crippen LogP contribution >= 0.6 is 24.2 Å². The number of hydrogen-bond acceptors (Lipinski definition) is 3. The molecule has 0 radical (unpaired) electrons. The zero-order valence-corrected chi connectivity index (χ0v) is 13.5. The molecule has 1 heterocycles. The molecule has 0 saturated carbocycles. The van der Waals surface area contributed by atoms with Gasteiger partial charge in [-0.25, -0.2) is 0 Å². The van der Waals surface area contributed by atoms with E-state index < -0.39 is 0 Å². The van der Waals surface area contributed by atoms with Gasteiger partial charge in [-0.15, -0.1) is 24.2 Å². The molecule has 0 aromatic heterocycles. The molecule has 1 fully saturated rings. The molecule has 2 N–H and O–H groups in total. The second-order valence-electron chi connectivity index (χ2n) is 4.96. The Bertz CT molecular complexity index is 422. The molecule has 112 valence electrons. The van der Waals surface area contributed by atoms with Crippen LogP contribution in [0.1, 0.15) is 29.6 Å². The molecular formula is C15H23ClN2OS. The number of thioether (sulfide) groups is 1. The van der Waals surface area contributed by atoms with Crippen LogP contribution in [0.4, 0.5) is 0 Å². The summed E-state index contributed by atoms with van der Waals surface area (Å²) in [6.07, 6.45) is 5.61. The molecule has 1 aromatic carbocycles. The number of hydrogen-bond donors (Lipinski definition) is 2. The van der Waals surface area contributed by atoms with Crippen LogP contribution in [0.3, 0.4) is 0 Å². The maximum absolute atomic E-state index is 12.1. The van der Waals surface area contributed by atoms with E-state index in [1.54, 1.807) is 11.8 Å². The van der Waals surface area contributed by atoms with Crippen molar-refractivity contribution < 1.29 is 4.79 Å². The van der Waals surface area contributed by atoms with E-state index in [1.807, 2.05) is 30.5 Å². The van der Waals surface area contributed by atoms with Gasteiger partial charge in [0.2, 0.25) is 0 Å². The van der Waals surface area contributed by atoms with E-state index in [1.165, 1.54) is 12.8 Å². The Balaban J connectivity index is 0.00000200. The van der Waals surface area contributed by atoms with E-state index in [2.05, 4.69) is 10.6 Å². The van der Waals surface area contributed by atoms with Crippen LogP contribution in [0, 0.1) is 5.92 Å². The Morgan fingerprint density at radius 1 is 1.45 bits per heavy atom. The third-order valence-corrected chi connectivity index (χ3v) is 4.38. The number of carbonyl (C=O) groups excluding carboxylic acids is 1. The zero-order valence-electron chi connectivity index (χ0n) is 11.9. The molecule has 1 aliphatic rings. The van der Waals surface area contributed by atoms with Crippen molar-refractivity contribution in [1.82, 2.24) is 10.6 Å². The third-order valence-electron chi connectivity index (χ3n) is 3.59. The maximum atomic E-state index is 12.1. The summed E-state index contributed by atoms with van der Waals surface area (Å²) in [5.74, 6) is 0.763.